The Kier molecular flexibility index (Phi) is 6.24. The van der Waals surface area contributed by atoms with Crippen LogP contribution in [0.1, 0.15) is 54.2 Å². The standard InChI is InChI=1S/C24H27F3N4O/c1-14(17-5-4-6-18(11-17)24(25,26)27)29-23-20-12-19(16-7-9-28-10-8-16)22(32-3)13-21(20)30-15(2)31-23/h4-6,11-14,16,28H,7-10H2,1-3H3,(H,29,30,31)/t14-/m1/s1. The van der Waals surface area contributed by atoms with Gasteiger partial charge in [-0.05, 0) is 75.0 Å². The molecule has 0 bridgehead atoms. The maximum atomic E-state index is 13.2. The van der Waals surface area contributed by atoms with Crippen molar-refractivity contribution in [3.63, 3.8) is 0 Å². The molecule has 8 heteroatoms. The van der Waals surface area contributed by atoms with E-state index >= 15 is 0 Å². The maximum absolute atomic E-state index is 13.2. The van der Waals surface area contributed by atoms with Crippen molar-refractivity contribution >= 4 is 16.7 Å². The number of fused-ring (bicyclic) bond motifs is 1. The van der Waals surface area contributed by atoms with Gasteiger partial charge < -0.3 is 15.4 Å². The number of piperidine rings is 1. The average Bonchev–Trinajstić information content (AvgIpc) is 2.78. The highest BCUT2D eigenvalue weighted by Crippen LogP contribution is 2.38. The molecular formula is C24H27F3N4O. The quantitative estimate of drug-likeness (QED) is 0.536. The minimum Gasteiger partial charge on any atom is -0.496 e. The van der Waals surface area contributed by atoms with E-state index in [0.717, 1.165) is 54.2 Å². The third kappa shape index (κ3) is 4.65. The van der Waals surface area contributed by atoms with E-state index in [9.17, 15) is 13.2 Å². The molecule has 1 aliphatic heterocycles. The summed E-state index contributed by atoms with van der Waals surface area (Å²) in [5.74, 6) is 2.35. The van der Waals surface area contributed by atoms with Crippen molar-refractivity contribution in [3.8, 4) is 5.75 Å². The lowest BCUT2D eigenvalue weighted by Gasteiger charge is -2.25. The number of halogens is 3. The van der Waals surface area contributed by atoms with E-state index in [1.807, 2.05) is 13.0 Å². The number of nitrogens with one attached hydrogen (secondary N) is 2. The second kappa shape index (κ2) is 8.94. The number of rotatable bonds is 5. The van der Waals surface area contributed by atoms with E-state index in [2.05, 4.69) is 26.7 Å². The minimum atomic E-state index is -4.38. The van der Waals surface area contributed by atoms with Crippen LogP contribution in [0.15, 0.2) is 36.4 Å². The van der Waals surface area contributed by atoms with Gasteiger partial charge in [0, 0.05) is 17.5 Å². The average molecular weight is 445 g/mol. The number of methoxy groups -OCH3 is 1. The van der Waals surface area contributed by atoms with Crippen molar-refractivity contribution in [3.05, 3.63) is 58.9 Å². The van der Waals surface area contributed by atoms with Gasteiger partial charge in [0.1, 0.15) is 17.4 Å². The molecule has 2 heterocycles. The number of benzene rings is 2. The molecule has 32 heavy (non-hydrogen) atoms. The van der Waals surface area contributed by atoms with Crippen LogP contribution in [0.5, 0.6) is 5.75 Å². The lowest BCUT2D eigenvalue weighted by Crippen LogP contribution is -2.26. The number of aryl methyl sites for hydroxylation is 1. The predicted molar refractivity (Wildman–Crippen MR) is 119 cm³/mol. The molecular weight excluding hydrogens is 417 g/mol. The van der Waals surface area contributed by atoms with Crippen LogP contribution in [0.4, 0.5) is 19.0 Å². The molecule has 4 rings (SSSR count). The lowest BCUT2D eigenvalue weighted by molar-refractivity contribution is -0.137. The SMILES string of the molecule is COc1cc2nc(C)nc(N[C@H](C)c3cccc(C(F)(F)F)c3)c2cc1C1CCNCC1. The smallest absolute Gasteiger partial charge is 0.416 e. The Morgan fingerprint density at radius 2 is 1.88 bits per heavy atom. The predicted octanol–water partition coefficient (Wildman–Crippen LogP) is 5.61. The molecule has 1 atom stereocenters. The molecule has 0 aliphatic carbocycles. The number of aromatic nitrogens is 2. The summed E-state index contributed by atoms with van der Waals surface area (Å²) in [6.07, 6.45) is -2.36. The number of hydrogen-bond acceptors (Lipinski definition) is 5. The van der Waals surface area contributed by atoms with Gasteiger partial charge in [-0.3, -0.25) is 0 Å². The van der Waals surface area contributed by atoms with Crippen molar-refractivity contribution in [2.24, 2.45) is 0 Å². The summed E-state index contributed by atoms with van der Waals surface area (Å²) in [5, 5.41) is 7.53. The highest BCUT2D eigenvalue weighted by atomic mass is 19.4. The molecule has 1 aliphatic rings. The number of alkyl halides is 3. The molecule has 1 fully saturated rings. The zero-order chi connectivity index (χ0) is 22.9. The fraction of sp³-hybridized carbons (Fsp3) is 0.417. The molecule has 0 radical (unpaired) electrons. The normalized spacial score (nSPS) is 16.2. The Labute approximate surface area is 185 Å². The van der Waals surface area contributed by atoms with Gasteiger partial charge in [-0.2, -0.15) is 13.2 Å². The summed E-state index contributed by atoms with van der Waals surface area (Å²) in [6.45, 7) is 5.53. The summed E-state index contributed by atoms with van der Waals surface area (Å²) in [4.78, 5) is 9.15. The topological polar surface area (TPSA) is 59.1 Å². The van der Waals surface area contributed by atoms with Crippen molar-refractivity contribution in [2.45, 2.75) is 44.8 Å². The molecule has 2 aromatic carbocycles. The second-order valence-electron chi connectivity index (χ2n) is 8.24. The summed E-state index contributed by atoms with van der Waals surface area (Å²) < 4.78 is 45.1. The van der Waals surface area contributed by atoms with Crippen LogP contribution < -0.4 is 15.4 Å². The van der Waals surface area contributed by atoms with Crippen LogP contribution in [0.25, 0.3) is 10.9 Å². The molecule has 3 aromatic rings. The van der Waals surface area contributed by atoms with Gasteiger partial charge in [0.25, 0.3) is 0 Å². The Balaban J connectivity index is 1.73. The Morgan fingerprint density at radius 3 is 2.56 bits per heavy atom. The fourth-order valence-corrected chi connectivity index (χ4v) is 4.30. The highest BCUT2D eigenvalue weighted by molar-refractivity contribution is 5.91. The zero-order valence-electron chi connectivity index (χ0n) is 18.4. The van der Waals surface area contributed by atoms with Gasteiger partial charge in [-0.25, -0.2) is 9.97 Å². The maximum Gasteiger partial charge on any atom is 0.416 e. The Hall–Kier alpha value is -2.87. The van der Waals surface area contributed by atoms with Crippen molar-refractivity contribution in [2.75, 3.05) is 25.5 Å². The van der Waals surface area contributed by atoms with Crippen molar-refractivity contribution in [1.29, 1.82) is 0 Å². The highest BCUT2D eigenvalue weighted by Gasteiger charge is 2.30. The van der Waals surface area contributed by atoms with E-state index in [1.54, 1.807) is 20.1 Å². The summed E-state index contributed by atoms with van der Waals surface area (Å²) in [5.41, 5.74) is 1.73. The van der Waals surface area contributed by atoms with Gasteiger partial charge in [0.05, 0.1) is 18.2 Å². The van der Waals surface area contributed by atoms with Crippen LogP contribution in [0, 0.1) is 6.92 Å². The molecule has 1 saturated heterocycles. The summed E-state index contributed by atoms with van der Waals surface area (Å²) in [6, 6.07) is 9.01. The summed E-state index contributed by atoms with van der Waals surface area (Å²) in [7, 11) is 1.66. The van der Waals surface area contributed by atoms with E-state index in [1.165, 1.54) is 12.1 Å². The molecule has 5 nitrogen and oxygen atoms in total. The van der Waals surface area contributed by atoms with Gasteiger partial charge in [-0.1, -0.05) is 12.1 Å². The van der Waals surface area contributed by atoms with Gasteiger partial charge in [0.15, 0.2) is 0 Å². The van der Waals surface area contributed by atoms with E-state index in [4.69, 9.17) is 4.74 Å². The molecule has 0 amide bonds. The van der Waals surface area contributed by atoms with Crippen LogP contribution in [-0.4, -0.2) is 30.2 Å². The first kappa shape index (κ1) is 22.3. The van der Waals surface area contributed by atoms with Crippen LogP contribution in [0.2, 0.25) is 0 Å². The molecule has 0 saturated carbocycles. The van der Waals surface area contributed by atoms with E-state index in [-0.39, 0.29) is 6.04 Å². The van der Waals surface area contributed by atoms with Gasteiger partial charge in [0.2, 0.25) is 0 Å². The first-order valence-electron chi connectivity index (χ1n) is 10.8. The first-order valence-corrected chi connectivity index (χ1v) is 10.8. The zero-order valence-corrected chi connectivity index (χ0v) is 18.4. The Bertz CT molecular complexity index is 1110. The van der Waals surface area contributed by atoms with Crippen molar-refractivity contribution < 1.29 is 17.9 Å². The van der Waals surface area contributed by atoms with Gasteiger partial charge in [-0.15, -0.1) is 0 Å². The third-order valence-corrected chi connectivity index (χ3v) is 6.01. The number of anilines is 1. The fourth-order valence-electron chi connectivity index (χ4n) is 4.30. The number of nitrogens with zero attached hydrogens (tertiary/aromatic N) is 2. The van der Waals surface area contributed by atoms with Crippen LogP contribution in [-0.2, 0) is 6.18 Å². The number of hydrogen-bond donors (Lipinski definition) is 2. The molecule has 0 spiro atoms. The van der Waals surface area contributed by atoms with E-state index < -0.39 is 11.7 Å². The third-order valence-electron chi connectivity index (χ3n) is 6.01. The molecule has 0 unspecified atom stereocenters. The largest absolute Gasteiger partial charge is 0.496 e. The Morgan fingerprint density at radius 1 is 1.12 bits per heavy atom. The molecule has 2 N–H and O–H groups in total. The van der Waals surface area contributed by atoms with Crippen LogP contribution >= 0.6 is 0 Å². The monoisotopic (exact) mass is 444 g/mol. The van der Waals surface area contributed by atoms with Crippen molar-refractivity contribution in [1.82, 2.24) is 15.3 Å². The summed E-state index contributed by atoms with van der Waals surface area (Å²) >= 11 is 0. The lowest BCUT2D eigenvalue weighted by atomic mass is 9.88. The van der Waals surface area contributed by atoms with Crippen LogP contribution in [0.3, 0.4) is 0 Å². The second-order valence-corrected chi connectivity index (χ2v) is 8.24. The minimum absolute atomic E-state index is 0.366. The first-order chi connectivity index (χ1) is 15.3. The van der Waals surface area contributed by atoms with Gasteiger partial charge >= 0.3 is 6.18 Å². The number of ether oxygens (including phenoxy) is 1. The van der Waals surface area contributed by atoms with E-state index in [0.29, 0.717) is 23.1 Å². The molecule has 170 valence electrons. The molecule has 1 aromatic heterocycles.